The molecule has 0 bridgehead atoms. The molecule has 2 N–H and O–H groups in total. The first-order valence-corrected chi connectivity index (χ1v) is 6.34. The molecule has 0 aromatic heterocycles. The molecule has 4 nitrogen and oxygen atoms in total. The van der Waals surface area contributed by atoms with Crippen LogP contribution in [0.25, 0.3) is 0 Å². The highest BCUT2D eigenvalue weighted by Gasteiger charge is 2.44. The molecule has 1 aromatic rings. The standard InChI is InChI=1S/C15H18N2O2/c1-2-9-16-15(14(18)19)8-10-17(12-15)11-13-6-4-3-5-7-13/h1,3-7,16H,8-12H2,(H,18,19). The molecule has 1 atom stereocenters. The molecular weight excluding hydrogens is 240 g/mol. The zero-order valence-electron chi connectivity index (χ0n) is 10.8. The fourth-order valence-electron chi connectivity index (χ4n) is 2.48. The molecular formula is C15H18N2O2. The monoisotopic (exact) mass is 258 g/mol. The van der Waals surface area contributed by atoms with Gasteiger partial charge in [-0.25, -0.2) is 0 Å². The van der Waals surface area contributed by atoms with Crippen molar-refractivity contribution < 1.29 is 9.90 Å². The summed E-state index contributed by atoms with van der Waals surface area (Å²) >= 11 is 0. The van der Waals surface area contributed by atoms with Crippen molar-refractivity contribution in [2.45, 2.75) is 18.5 Å². The summed E-state index contributed by atoms with van der Waals surface area (Å²) in [5.74, 6) is 1.62. The van der Waals surface area contributed by atoms with Crippen LogP contribution in [0, 0.1) is 12.3 Å². The molecule has 4 heteroatoms. The maximum Gasteiger partial charge on any atom is 0.325 e. The number of nitrogens with zero attached hydrogens (tertiary/aromatic N) is 1. The Morgan fingerprint density at radius 2 is 2.21 bits per heavy atom. The van der Waals surface area contributed by atoms with E-state index in [0.717, 1.165) is 13.1 Å². The van der Waals surface area contributed by atoms with Crippen LogP contribution in [0.5, 0.6) is 0 Å². The maximum absolute atomic E-state index is 11.5. The van der Waals surface area contributed by atoms with Crippen molar-refractivity contribution in [3.05, 3.63) is 35.9 Å². The first kappa shape index (κ1) is 13.6. The van der Waals surface area contributed by atoms with Crippen molar-refractivity contribution in [1.29, 1.82) is 0 Å². The van der Waals surface area contributed by atoms with Gasteiger partial charge >= 0.3 is 5.97 Å². The van der Waals surface area contributed by atoms with Gasteiger partial charge in [0.1, 0.15) is 5.54 Å². The smallest absolute Gasteiger partial charge is 0.325 e. The highest BCUT2D eigenvalue weighted by molar-refractivity contribution is 5.79. The molecule has 1 saturated heterocycles. The summed E-state index contributed by atoms with van der Waals surface area (Å²) in [5, 5.41) is 12.4. The van der Waals surface area contributed by atoms with Crippen LogP contribution in [0.2, 0.25) is 0 Å². The third-order valence-corrected chi connectivity index (χ3v) is 3.54. The van der Waals surface area contributed by atoms with Gasteiger partial charge in [0.15, 0.2) is 0 Å². The average Bonchev–Trinajstić information content (AvgIpc) is 2.82. The van der Waals surface area contributed by atoms with E-state index in [-0.39, 0.29) is 6.54 Å². The highest BCUT2D eigenvalue weighted by Crippen LogP contribution is 2.23. The molecule has 1 aliphatic heterocycles. The number of carbonyl (C=O) groups is 1. The van der Waals surface area contributed by atoms with E-state index in [9.17, 15) is 9.90 Å². The van der Waals surface area contributed by atoms with E-state index in [1.165, 1.54) is 5.56 Å². The first-order valence-electron chi connectivity index (χ1n) is 6.34. The number of likely N-dealkylation sites (tertiary alicyclic amines) is 1. The van der Waals surface area contributed by atoms with Crippen molar-refractivity contribution in [2.75, 3.05) is 19.6 Å². The van der Waals surface area contributed by atoms with Crippen LogP contribution in [0.1, 0.15) is 12.0 Å². The normalized spacial score (nSPS) is 23.1. The molecule has 0 aliphatic carbocycles. The van der Waals surface area contributed by atoms with E-state index in [2.05, 4.69) is 28.3 Å². The summed E-state index contributed by atoms with van der Waals surface area (Å²) in [6, 6.07) is 10.1. The number of carboxylic acids is 1. The maximum atomic E-state index is 11.5. The summed E-state index contributed by atoms with van der Waals surface area (Å²) in [6.07, 6.45) is 5.79. The Balaban J connectivity index is 2.01. The quantitative estimate of drug-likeness (QED) is 0.772. The van der Waals surface area contributed by atoms with Gasteiger partial charge in [-0.05, 0) is 12.0 Å². The molecule has 1 unspecified atom stereocenters. The molecule has 1 heterocycles. The number of carboxylic acid groups (broad SMARTS) is 1. The Morgan fingerprint density at radius 3 is 2.84 bits per heavy atom. The van der Waals surface area contributed by atoms with Crippen LogP contribution in [-0.4, -0.2) is 41.1 Å². The third kappa shape index (κ3) is 3.14. The van der Waals surface area contributed by atoms with Crippen LogP contribution < -0.4 is 5.32 Å². The van der Waals surface area contributed by atoms with Gasteiger partial charge in [-0.3, -0.25) is 15.0 Å². The van der Waals surface area contributed by atoms with E-state index >= 15 is 0 Å². The average molecular weight is 258 g/mol. The SMILES string of the molecule is C#CCNC1(C(=O)O)CCN(Cc2ccccc2)C1. The lowest BCUT2D eigenvalue weighted by Crippen LogP contribution is -2.54. The van der Waals surface area contributed by atoms with E-state index < -0.39 is 11.5 Å². The molecule has 1 aromatic carbocycles. The zero-order chi connectivity index (χ0) is 13.7. The minimum atomic E-state index is -0.902. The Bertz CT molecular complexity index is 481. The van der Waals surface area contributed by atoms with Gasteiger partial charge in [-0.15, -0.1) is 6.42 Å². The van der Waals surface area contributed by atoms with Gasteiger partial charge in [0.2, 0.25) is 0 Å². The van der Waals surface area contributed by atoms with Gasteiger partial charge in [-0.1, -0.05) is 36.3 Å². The lowest BCUT2D eigenvalue weighted by atomic mass is 9.99. The van der Waals surface area contributed by atoms with Crippen molar-refractivity contribution in [1.82, 2.24) is 10.2 Å². The number of benzene rings is 1. The Hall–Kier alpha value is -1.83. The summed E-state index contributed by atoms with van der Waals surface area (Å²) < 4.78 is 0. The van der Waals surface area contributed by atoms with Crippen molar-refractivity contribution in [3.8, 4) is 12.3 Å². The second-order valence-electron chi connectivity index (χ2n) is 4.89. The minimum absolute atomic E-state index is 0.283. The van der Waals surface area contributed by atoms with Gasteiger partial charge in [0, 0.05) is 19.6 Å². The third-order valence-electron chi connectivity index (χ3n) is 3.54. The van der Waals surface area contributed by atoms with E-state index in [0.29, 0.717) is 13.0 Å². The minimum Gasteiger partial charge on any atom is -0.480 e. The summed E-state index contributed by atoms with van der Waals surface area (Å²) in [7, 11) is 0. The van der Waals surface area contributed by atoms with Gasteiger partial charge in [-0.2, -0.15) is 0 Å². The fourth-order valence-corrected chi connectivity index (χ4v) is 2.48. The molecule has 0 saturated carbocycles. The van der Waals surface area contributed by atoms with Crippen LogP contribution in [-0.2, 0) is 11.3 Å². The van der Waals surface area contributed by atoms with E-state index in [4.69, 9.17) is 6.42 Å². The number of rotatable bonds is 5. The zero-order valence-corrected chi connectivity index (χ0v) is 10.8. The topological polar surface area (TPSA) is 52.6 Å². The largest absolute Gasteiger partial charge is 0.480 e. The predicted octanol–water partition coefficient (Wildman–Crippen LogP) is 0.938. The lowest BCUT2D eigenvalue weighted by Gasteiger charge is -2.25. The lowest BCUT2D eigenvalue weighted by molar-refractivity contribution is -0.144. The Kier molecular flexibility index (Phi) is 4.20. The number of terminal acetylenes is 1. The molecule has 1 fully saturated rings. The molecule has 2 rings (SSSR count). The van der Waals surface area contributed by atoms with Crippen molar-refractivity contribution in [2.24, 2.45) is 0 Å². The molecule has 0 spiro atoms. The van der Waals surface area contributed by atoms with E-state index in [1.807, 2.05) is 18.2 Å². The molecule has 19 heavy (non-hydrogen) atoms. The van der Waals surface area contributed by atoms with Crippen molar-refractivity contribution in [3.63, 3.8) is 0 Å². The molecule has 1 aliphatic rings. The molecule has 100 valence electrons. The second kappa shape index (κ2) is 5.87. The number of hydrogen-bond donors (Lipinski definition) is 2. The predicted molar refractivity (Wildman–Crippen MR) is 73.5 cm³/mol. The van der Waals surface area contributed by atoms with Gasteiger partial charge < -0.3 is 5.11 Å². The van der Waals surface area contributed by atoms with Crippen LogP contribution in [0.15, 0.2) is 30.3 Å². The molecule has 0 amide bonds. The van der Waals surface area contributed by atoms with Crippen molar-refractivity contribution >= 4 is 5.97 Å². The fraction of sp³-hybridized carbons (Fsp3) is 0.400. The van der Waals surface area contributed by atoms with Gasteiger partial charge in [0.25, 0.3) is 0 Å². The van der Waals surface area contributed by atoms with Crippen LogP contribution in [0.3, 0.4) is 0 Å². The van der Waals surface area contributed by atoms with Crippen LogP contribution in [0.4, 0.5) is 0 Å². The Labute approximate surface area is 113 Å². The van der Waals surface area contributed by atoms with E-state index in [1.54, 1.807) is 0 Å². The first-order chi connectivity index (χ1) is 9.16. The van der Waals surface area contributed by atoms with Crippen LogP contribution >= 0.6 is 0 Å². The number of hydrogen-bond acceptors (Lipinski definition) is 3. The Morgan fingerprint density at radius 1 is 1.47 bits per heavy atom. The number of aliphatic carboxylic acids is 1. The summed E-state index contributed by atoms with van der Waals surface area (Å²) in [6.45, 7) is 2.30. The summed E-state index contributed by atoms with van der Waals surface area (Å²) in [5.41, 5.74) is 0.293. The number of nitrogens with one attached hydrogen (secondary N) is 1. The molecule has 0 radical (unpaired) electrons. The second-order valence-corrected chi connectivity index (χ2v) is 4.89. The van der Waals surface area contributed by atoms with Gasteiger partial charge in [0.05, 0.1) is 6.54 Å². The highest BCUT2D eigenvalue weighted by atomic mass is 16.4. The summed E-state index contributed by atoms with van der Waals surface area (Å²) in [4.78, 5) is 13.6.